The predicted molar refractivity (Wildman–Crippen MR) is 93.8 cm³/mol. The van der Waals surface area contributed by atoms with Crippen molar-refractivity contribution in [1.82, 2.24) is 10.9 Å². The van der Waals surface area contributed by atoms with Crippen LogP contribution < -0.4 is 15.8 Å². The molecule has 0 aliphatic carbocycles. The third-order valence-corrected chi connectivity index (χ3v) is 4.08. The number of hydrazine groups is 1. The molecule has 2 aromatic carbocycles. The van der Waals surface area contributed by atoms with E-state index in [1.54, 1.807) is 24.3 Å². The number of imide groups is 1. The zero-order valence-electron chi connectivity index (χ0n) is 13.2. The van der Waals surface area contributed by atoms with E-state index < -0.39 is 11.9 Å². The largest absolute Gasteiger partial charge is 0.291 e. The van der Waals surface area contributed by atoms with Crippen molar-refractivity contribution in [2.45, 2.75) is 18.9 Å². The molecule has 25 heavy (non-hydrogen) atoms. The van der Waals surface area contributed by atoms with E-state index in [2.05, 4.69) is 10.9 Å². The van der Waals surface area contributed by atoms with Crippen LogP contribution in [0, 0.1) is 0 Å². The van der Waals surface area contributed by atoms with Crippen molar-refractivity contribution in [3.8, 4) is 0 Å². The summed E-state index contributed by atoms with van der Waals surface area (Å²) in [7, 11) is 0. The van der Waals surface area contributed by atoms with Crippen LogP contribution in [0.5, 0.6) is 0 Å². The van der Waals surface area contributed by atoms with E-state index in [9.17, 15) is 14.4 Å². The average Bonchev–Trinajstić information content (AvgIpc) is 2.89. The Kier molecular flexibility index (Phi) is 5.11. The van der Waals surface area contributed by atoms with E-state index in [1.165, 1.54) is 0 Å². The first-order valence-electron chi connectivity index (χ1n) is 7.75. The summed E-state index contributed by atoms with van der Waals surface area (Å²) in [6, 6.07) is 14.9. The van der Waals surface area contributed by atoms with Crippen molar-refractivity contribution in [2.24, 2.45) is 0 Å². The average molecular weight is 358 g/mol. The van der Waals surface area contributed by atoms with Crippen molar-refractivity contribution in [2.75, 3.05) is 4.90 Å². The van der Waals surface area contributed by atoms with Gasteiger partial charge in [0.05, 0.1) is 18.5 Å². The van der Waals surface area contributed by atoms with E-state index in [0.29, 0.717) is 10.7 Å². The van der Waals surface area contributed by atoms with Crippen molar-refractivity contribution in [3.05, 3.63) is 65.2 Å². The minimum absolute atomic E-state index is 0.0208. The van der Waals surface area contributed by atoms with Gasteiger partial charge in [0.15, 0.2) is 0 Å². The van der Waals surface area contributed by atoms with Gasteiger partial charge in [-0.25, -0.2) is 10.3 Å². The van der Waals surface area contributed by atoms with Gasteiger partial charge >= 0.3 is 0 Å². The van der Waals surface area contributed by atoms with Crippen LogP contribution in [0.2, 0.25) is 5.02 Å². The Balaban J connectivity index is 1.59. The van der Waals surface area contributed by atoms with Crippen LogP contribution in [0.25, 0.3) is 0 Å². The zero-order chi connectivity index (χ0) is 17.8. The van der Waals surface area contributed by atoms with E-state index in [-0.39, 0.29) is 24.7 Å². The van der Waals surface area contributed by atoms with Crippen molar-refractivity contribution in [1.29, 1.82) is 0 Å². The van der Waals surface area contributed by atoms with Gasteiger partial charge < -0.3 is 0 Å². The van der Waals surface area contributed by atoms with E-state index in [0.717, 1.165) is 10.5 Å². The molecule has 0 unspecified atom stereocenters. The molecule has 3 rings (SSSR count). The summed E-state index contributed by atoms with van der Waals surface area (Å²) < 4.78 is 0. The lowest BCUT2D eigenvalue weighted by molar-refractivity contribution is -0.122. The molecular weight excluding hydrogens is 342 g/mol. The maximum atomic E-state index is 12.4. The van der Waals surface area contributed by atoms with Crippen molar-refractivity contribution in [3.63, 3.8) is 0 Å². The highest BCUT2D eigenvalue weighted by Gasteiger charge is 2.39. The van der Waals surface area contributed by atoms with Gasteiger partial charge in [-0.15, -0.1) is 0 Å². The lowest BCUT2D eigenvalue weighted by atomic mass is 10.1. The molecule has 2 N–H and O–H groups in total. The van der Waals surface area contributed by atoms with Crippen LogP contribution in [0.4, 0.5) is 5.69 Å². The van der Waals surface area contributed by atoms with Gasteiger partial charge in [0, 0.05) is 5.02 Å². The van der Waals surface area contributed by atoms with Crippen LogP contribution in [0.3, 0.4) is 0 Å². The van der Waals surface area contributed by atoms with Crippen LogP contribution in [-0.2, 0) is 20.8 Å². The summed E-state index contributed by atoms with van der Waals surface area (Å²) >= 11 is 5.82. The lowest BCUT2D eigenvalue weighted by Gasteiger charge is -2.16. The molecular formula is C18H16ClN3O3. The molecule has 1 saturated heterocycles. The number of carbonyl (C=O) groups excluding carboxylic acids is 3. The first-order valence-corrected chi connectivity index (χ1v) is 8.13. The van der Waals surface area contributed by atoms with Crippen LogP contribution in [0.15, 0.2) is 54.6 Å². The minimum Gasteiger partial charge on any atom is -0.291 e. The molecule has 0 spiro atoms. The fourth-order valence-electron chi connectivity index (χ4n) is 2.60. The third kappa shape index (κ3) is 4.04. The highest BCUT2D eigenvalue weighted by molar-refractivity contribution is 6.30. The second-order valence-corrected chi connectivity index (χ2v) is 6.09. The lowest BCUT2D eigenvalue weighted by Crippen LogP contribution is -2.48. The number of amides is 3. The molecule has 0 aromatic heterocycles. The standard InChI is InChI=1S/C18H16ClN3O3/c19-13-6-8-14(9-7-13)22-17(24)11-15(18(22)25)20-21-16(23)10-12-4-2-1-3-5-12/h1-9,15,20H,10-11H2,(H,21,23)/t15-/m0/s1. The molecule has 1 aliphatic heterocycles. The Hall–Kier alpha value is -2.70. The number of anilines is 1. The number of hydrogen-bond acceptors (Lipinski definition) is 4. The summed E-state index contributed by atoms with van der Waals surface area (Å²) in [5, 5.41) is 0.519. The molecule has 1 aliphatic rings. The van der Waals surface area contributed by atoms with Gasteiger partial charge in [0.25, 0.3) is 5.91 Å². The van der Waals surface area contributed by atoms with Crippen molar-refractivity contribution >= 4 is 35.0 Å². The summed E-state index contributed by atoms with van der Waals surface area (Å²) in [5.41, 5.74) is 6.47. The molecule has 1 fully saturated rings. The van der Waals surface area contributed by atoms with Gasteiger partial charge in [-0.2, -0.15) is 0 Å². The number of halogens is 1. The first-order chi connectivity index (χ1) is 12.0. The summed E-state index contributed by atoms with van der Waals surface area (Å²) in [6.07, 6.45) is 0.163. The second kappa shape index (κ2) is 7.46. The normalized spacial score (nSPS) is 17.0. The van der Waals surface area contributed by atoms with Gasteiger partial charge in [0.1, 0.15) is 6.04 Å². The molecule has 6 nitrogen and oxygen atoms in total. The monoisotopic (exact) mass is 357 g/mol. The fourth-order valence-corrected chi connectivity index (χ4v) is 2.73. The fraction of sp³-hybridized carbons (Fsp3) is 0.167. The zero-order valence-corrected chi connectivity index (χ0v) is 14.0. The van der Waals surface area contributed by atoms with Crippen molar-refractivity contribution < 1.29 is 14.4 Å². The Labute approximate surface area is 149 Å². The maximum absolute atomic E-state index is 12.4. The van der Waals surface area contributed by atoms with Gasteiger partial charge in [-0.1, -0.05) is 41.9 Å². The number of benzene rings is 2. The predicted octanol–water partition coefficient (Wildman–Crippen LogP) is 1.84. The number of hydrogen-bond donors (Lipinski definition) is 2. The molecule has 2 aromatic rings. The third-order valence-electron chi connectivity index (χ3n) is 3.82. The highest BCUT2D eigenvalue weighted by atomic mass is 35.5. The topological polar surface area (TPSA) is 78.5 Å². The van der Waals surface area contributed by atoms with Crippen LogP contribution >= 0.6 is 11.6 Å². The highest BCUT2D eigenvalue weighted by Crippen LogP contribution is 2.24. The summed E-state index contributed by atoms with van der Waals surface area (Å²) in [4.78, 5) is 37.6. The first kappa shape index (κ1) is 17.1. The molecule has 1 heterocycles. The van der Waals surface area contributed by atoms with Crippen LogP contribution in [0.1, 0.15) is 12.0 Å². The summed E-state index contributed by atoms with van der Waals surface area (Å²) in [6.45, 7) is 0. The number of carbonyl (C=O) groups is 3. The van der Waals surface area contributed by atoms with Gasteiger partial charge in [-0.3, -0.25) is 19.8 Å². The molecule has 1 atom stereocenters. The van der Waals surface area contributed by atoms with E-state index in [1.807, 2.05) is 30.3 Å². The minimum atomic E-state index is -0.789. The number of rotatable bonds is 5. The molecule has 7 heteroatoms. The Morgan fingerprint density at radius 3 is 2.44 bits per heavy atom. The maximum Gasteiger partial charge on any atom is 0.253 e. The quantitative estimate of drug-likeness (QED) is 0.632. The molecule has 128 valence electrons. The SMILES string of the molecule is O=C(Cc1ccccc1)NN[C@H]1CC(=O)N(c2ccc(Cl)cc2)C1=O. The molecule has 0 saturated carbocycles. The molecule has 0 bridgehead atoms. The Bertz CT molecular complexity index is 793. The molecule has 3 amide bonds. The Morgan fingerprint density at radius 1 is 1.08 bits per heavy atom. The van der Waals surface area contributed by atoms with Gasteiger partial charge in [0.2, 0.25) is 11.8 Å². The number of nitrogens with zero attached hydrogens (tertiary/aromatic N) is 1. The Morgan fingerprint density at radius 2 is 1.76 bits per heavy atom. The molecule has 0 radical (unpaired) electrons. The second-order valence-electron chi connectivity index (χ2n) is 5.66. The van der Waals surface area contributed by atoms with E-state index >= 15 is 0 Å². The smallest absolute Gasteiger partial charge is 0.253 e. The van der Waals surface area contributed by atoms with E-state index in [4.69, 9.17) is 11.6 Å². The van der Waals surface area contributed by atoms with Gasteiger partial charge in [-0.05, 0) is 29.8 Å². The van der Waals surface area contributed by atoms with Crippen LogP contribution in [-0.4, -0.2) is 23.8 Å². The summed E-state index contributed by atoms with van der Waals surface area (Å²) in [5.74, 6) is -1.02. The number of nitrogens with one attached hydrogen (secondary N) is 2.